The van der Waals surface area contributed by atoms with Gasteiger partial charge in [0, 0.05) is 16.2 Å². The molecule has 22 heavy (non-hydrogen) atoms. The predicted octanol–water partition coefficient (Wildman–Crippen LogP) is 3.30. The maximum absolute atomic E-state index is 12.3. The molecule has 114 valence electrons. The number of halogens is 1. The SMILES string of the molecule is Cc1ccc(C2CC(C(=O)Nc3cccc(Br)c3)NN2)cc1. The standard InChI is InChI=1S/C17H18BrN3O/c1-11-5-7-12(8-6-11)15-10-16(21-20-15)17(22)19-14-4-2-3-13(18)9-14/h2-9,15-16,20-21H,10H2,1H3,(H,19,22). The molecule has 0 aliphatic carbocycles. The number of hydrogen-bond donors (Lipinski definition) is 3. The van der Waals surface area contributed by atoms with E-state index in [9.17, 15) is 4.79 Å². The number of amides is 1. The van der Waals surface area contributed by atoms with Crippen molar-refractivity contribution in [2.75, 3.05) is 5.32 Å². The van der Waals surface area contributed by atoms with Crippen LogP contribution in [0.5, 0.6) is 0 Å². The molecule has 3 N–H and O–H groups in total. The third-order valence-corrected chi connectivity index (χ3v) is 4.28. The second kappa shape index (κ2) is 6.60. The number of nitrogens with one attached hydrogen (secondary N) is 3. The molecular formula is C17H18BrN3O. The van der Waals surface area contributed by atoms with Gasteiger partial charge in [-0.1, -0.05) is 51.8 Å². The monoisotopic (exact) mass is 359 g/mol. The van der Waals surface area contributed by atoms with E-state index < -0.39 is 0 Å². The van der Waals surface area contributed by atoms with Gasteiger partial charge >= 0.3 is 0 Å². The summed E-state index contributed by atoms with van der Waals surface area (Å²) in [7, 11) is 0. The lowest BCUT2D eigenvalue weighted by molar-refractivity contribution is -0.117. The van der Waals surface area contributed by atoms with E-state index in [0.29, 0.717) is 0 Å². The number of anilines is 1. The van der Waals surface area contributed by atoms with Crippen LogP contribution in [0.2, 0.25) is 0 Å². The first-order chi connectivity index (χ1) is 10.6. The fourth-order valence-corrected chi connectivity index (χ4v) is 2.94. The van der Waals surface area contributed by atoms with Gasteiger partial charge in [0.15, 0.2) is 0 Å². The summed E-state index contributed by atoms with van der Waals surface area (Å²) in [6.07, 6.45) is 0.725. The van der Waals surface area contributed by atoms with Crippen LogP contribution in [0.15, 0.2) is 53.0 Å². The largest absolute Gasteiger partial charge is 0.325 e. The zero-order valence-corrected chi connectivity index (χ0v) is 13.9. The van der Waals surface area contributed by atoms with Gasteiger partial charge in [0.1, 0.15) is 6.04 Å². The maximum Gasteiger partial charge on any atom is 0.242 e. The molecule has 2 unspecified atom stereocenters. The second-order valence-corrected chi connectivity index (χ2v) is 6.46. The molecule has 1 amide bonds. The summed E-state index contributed by atoms with van der Waals surface area (Å²) in [6, 6.07) is 15.9. The molecular weight excluding hydrogens is 342 g/mol. The topological polar surface area (TPSA) is 53.2 Å². The Labute approximate surface area is 138 Å². The molecule has 1 saturated heterocycles. The molecule has 0 bridgehead atoms. The third kappa shape index (κ3) is 3.55. The zero-order valence-electron chi connectivity index (χ0n) is 12.3. The van der Waals surface area contributed by atoms with Crippen LogP contribution in [-0.2, 0) is 4.79 Å². The minimum atomic E-state index is -0.245. The van der Waals surface area contributed by atoms with Crippen LogP contribution in [0.25, 0.3) is 0 Å². The summed E-state index contributed by atoms with van der Waals surface area (Å²) in [5, 5.41) is 2.93. The van der Waals surface area contributed by atoms with E-state index in [2.05, 4.69) is 63.3 Å². The Morgan fingerprint density at radius 1 is 1.18 bits per heavy atom. The Bertz CT molecular complexity index is 672. The first kappa shape index (κ1) is 15.2. The fourth-order valence-electron chi connectivity index (χ4n) is 2.54. The molecule has 1 fully saturated rings. The summed E-state index contributed by atoms with van der Waals surface area (Å²) >= 11 is 3.40. The molecule has 1 heterocycles. The molecule has 0 radical (unpaired) electrons. The van der Waals surface area contributed by atoms with Crippen molar-refractivity contribution in [1.29, 1.82) is 0 Å². The highest BCUT2D eigenvalue weighted by Gasteiger charge is 2.30. The quantitative estimate of drug-likeness (QED) is 0.787. The first-order valence-corrected chi connectivity index (χ1v) is 8.05. The smallest absolute Gasteiger partial charge is 0.242 e. The fraction of sp³-hybridized carbons (Fsp3) is 0.235. The first-order valence-electron chi connectivity index (χ1n) is 7.26. The van der Waals surface area contributed by atoms with Gasteiger partial charge in [-0.15, -0.1) is 0 Å². The Kier molecular flexibility index (Phi) is 4.57. The normalized spacial score (nSPS) is 20.8. The van der Waals surface area contributed by atoms with E-state index in [1.54, 1.807) is 0 Å². The van der Waals surface area contributed by atoms with Crippen LogP contribution in [-0.4, -0.2) is 11.9 Å². The van der Waals surface area contributed by atoms with E-state index >= 15 is 0 Å². The van der Waals surface area contributed by atoms with Crippen molar-refractivity contribution in [3.05, 3.63) is 64.1 Å². The summed E-state index contributed by atoms with van der Waals surface area (Å²) in [4.78, 5) is 12.3. The Morgan fingerprint density at radius 3 is 2.68 bits per heavy atom. The van der Waals surface area contributed by atoms with Crippen LogP contribution < -0.4 is 16.2 Å². The summed E-state index contributed by atoms with van der Waals surface area (Å²) in [6.45, 7) is 2.07. The van der Waals surface area contributed by atoms with Crippen LogP contribution in [0.1, 0.15) is 23.6 Å². The van der Waals surface area contributed by atoms with Crippen LogP contribution in [0.4, 0.5) is 5.69 Å². The van der Waals surface area contributed by atoms with E-state index in [4.69, 9.17) is 0 Å². The molecule has 2 atom stereocenters. The van der Waals surface area contributed by atoms with Gasteiger partial charge in [0.05, 0.1) is 0 Å². The molecule has 2 aromatic carbocycles. The molecule has 1 aliphatic heterocycles. The molecule has 2 aromatic rings. The van der Waals surface area contributed by atoms with Crippen molar-refractivity contribution in [3.8, 4) is 0 Å². The van der Waals surface area contributed by atoms with E-state index in [1.807, 2.05) is 24.3 Å². The molecule has 0 aromatic heterocycles. The third-order valence-electron chi connectivity index (χ3n) is 3.79. The van der Waals surface area contributed by atoms with Crippen LogP contribution in [0, 0.1) is 6.92 Å². The number of rotatable bonds is 3. The number of carbonyl (C=O) groups is 1. The second-order valence-electron chi connectivity index (χ2n) is 5.54. The average Bonchev–Trinajstić information content (AvgIpc) is 2.98. The molecule has 0 spiro atoms. The molecule has 0 saturated carbocycles. The van der Waals surface area contributed by atoms with Gasteiger partial charge in [-0.2, -0.15) is 0 Å². The average molecular weight is 360 g/mol. The van der Waals surface area contributed by atoms with Crippen LogP contribution in [0.3, 0.4) is 0 Å². The van der Waals surface area contributed by atoms with Crippen molar-refractivity contribution in [1.82, 2.24) is 10.9 Å². The molecule has 3 rings (SSSR count). The summed E-state index contributed by atoms with van der Waals surface area (Å²) < 4.78 is 0.945. The molecule has 4 nitrogen and oxygen atoms in total. The maximum atomic E-state index is 12.3. The summed E-state index contributed by atoms with van der Waals surface area (Å²) in [5.41, 5.74) is 9.50. The minimum absolute atomic E-state index is 0.0276. The number of hydrogen-bond acceptors (Lipinski definition) is 3. The van der Waals surface area contributed by atoms with Gasteiger partial charge in [-0.25, -0.2) is 10.9 Å². The zero-order chi connectivity index (χ0) is 15.5. The Morgan fingerprint density at radius 2 is 1.95 bits per heavy atom. The number of hydrazine groups is 1. The Hall–Kier alpha value is -1.69. The van der Waals surface area contributed by atoms with Gasteiger partial charge < -0.3 is 5.32 Å². The van der Waals surface area contributed by atoms with E-state index in [-0.39, 0.29) is 18.0 Å². The van der Waals surface area contributed by atoms with Gasteiger partial charge in [0.2, 0.25) is 5.91 Å². The van der Waals surface area contributed by atoms with Crippen molar-refractivity contribution < 1.29 is 4.79 Å². The lowest BCUT2D eigenvalue weighted by Gasteiger charge is -2.11. The molecule has 1 aliphatic rings. The van der Waals surface area contributed by atoms with Gasteiger partial charge in [-0.3, -0.25) is 4.79 Å². The van der Waals surface area contributed by atoms with Crippen molar-refractivity contribution >= 4 is 27.5 Å². The highest BCUT2D eigenvalue weighted by atomic mass is 79.9. The lowest BCUT2D eigenvalue weighted by Crippen LogP contribution is -2.39. The highest BCUT2D eigenvalue weighted by molar-refractivity contribution is 9.10. The van der Waals surface area contributed by atoms with Crippen molar-refractivity contribution in [3.63, 3.8) is 0 Å². The number of carbonyl (C=O) groups excluding carboxylic acids is 1. The highest BCUT2D eigenvalue weighted by Crippen LogP contribution is 2.23. The van der Waals surface area contributed by atoms with Crippen molar-refractivity contribution in [2.24, 2.45) is 0 Å². The minimum Gasteiger partial charge on any atom is -0.325 e. The molecule has 5 heteroatoms. The van der Waals surface area contributed by atoms with Crippen LogP contribution >= 0.6 is 15.9 Å². The van der Waals surface area contributed by atoms with Crippen molar-refractivity contribution in [2.45, 2.75) is 25.4 Å². The predicted molar refractivity (Wildman–Crippen MR) is 91.4 cm³/mol. The lowest BCUT2D eigenvalue weighted by atomic mass is 10.0. The number of benzene rings is 2. The number of aryl methyl sites for hydroxylation is 1. The van der Waals surface area contributed by atoms with E-state index in [1.165, 1.54) is 11.1 Å². The van der Waals surface area contributed by atoms with Gasteiger partial charge in [0.25, 0.3) is 0 Å². The van der Waals surface area contributed by atoms with E-state index in [0.717, 1.165) is 16.6 Å². The summed E-state index contributed by atoms with van der Waals surface area (Å²) in [5.74, 6) is -0.0276. The van der Waals surface area contributed by atoms with Gasteiger partial charge in [-0.05, 0) is 37.1 Å². The Balaban J connectivity index is 1.62.